The minimum Gasteiger partial charge on any atom is -0.392 e. The summed E-state index contributed by atoms with van der Waals surface area (Å²) in [5.41, 5.74) is 3.08. The SMILES string of the molecule is OC1CCN(Cc2ccccc2CNc2nnc(Cc3ccccc3F)s2)C1. The fraction of sp³-hybridized carbons (Fsp3) is 0.333. The molecule has 1 aliphatic rings. The van der Waals surface area contributed by atoms with Crippen LogP contribution in [-0.4, -0.2) is 39.4 Å². The Bertz CT molecular complexity index is 932. The Morgan fingerprint density at radius 1 is 1.07 bits per heavy atom. The van der Waals surface area contributed by atoms with Gasteiger partial charge in [0.05, 0.1) is 6.10 Å². The zero-order chi connectivity index (χ0) is 19.3. The van der Waals surface area contributed by atoms with Crippen LogP contribution in [-0.2, 0) is 19.5 Å². The topological polar surface area (TPSA) is 61.3 Å². The van der Waals surface area contributed by atoms with Crippen molar-refractivity contribution in [2.45, 2.75) is 32.0 Å². The molecular formula is C21H23FN4OS. The number of aliphatic hydroxyl groups excluding tert-OH is 1. The third kappa shape index (κ3) is 4.73. The molecule has 1 fully saturated rings. The van der Waals surface area contributed by atoms with Crippen LogP contribution in [0.5, 0.6) is 0 Å². The molecular weight excluding hydrogens is 375 g/mol. The van der Waals surface area contributed by atoms with Crippen LogP contribution in [0, 0.1) is 5.82 Å². The molecule has 7 heteroatoms. The molecule has 0 saturated carbocycles. The number of aromatic nitrogens is 2. The Kier molecular flexibility index (Phi) is 5.95. The fourth-order valence-corrected chi connectivity index (χ4v) is 4.21. The molecule has 28 heavy (non-hydrogen) atoms. The standard InChI is InChI=1S/C21H23FN4OS/c22-19-8-4-3-5-15(19)11-20-24-25-21(28-20)23-12-16-6-1-2-7-17(16)13-26-10-9-18(27)14-26/h1-8,18,27H,9-14H2,(H,23,25). The van der Waals surface area contributed by atoms with Gasteiger partial charge in [0.1, 0.15) is 10.8 Å². The van der Waals surface area contributed by atoms with Crippen molar-refractivity contribution in [3.8, 4) is 0 Å². The van der Waals surface area contributed by atoms with E-state index in [4.69, 9.17) is 0 Å². The van der Waals surface area contributed by atoms with Gasteiger partial charge >= 0.3 is 0 Å². The second-order valence-electron chi connectivity index (χ2n) is 7.07. The van der Waals surface area contributed by atoms with Crippen LogP contribution >= 0.6 is 11.3 Å². The number of benzene rings is 2. The van der Waals surface area contributed by atoms with Gasteiger partial charge in [-0.3, -0.25) is 4.90 Å². The summed E-state index contributed by atoms with van der Waals surface area (Å²) in [5, 5.41) is 23.0. The predicted octanol–water partition coefficient (Wildman–Crippen LogP) is 3.45. The molecule has 146 valence electrons. The second kappa shape index (κ2) is 8.77. The van der Waals surface area contributed by atoms with E-state index in [-0.39, 0.29) is 11.9 Å². The zero-order valence-corrected chi connectivity index (χ0v) is 16.3. The average molecular weight is 399 g/mol. The Morgan fingerprint density at radius 2 is 1.82 bits per heavy atom. The first-order valence-electron chi connectivity index (χ1n) is 9.44. The van der Waals surface area contributed by atoms with Gasteiger partial charge in [0.15, 0.2) is 0 Å². The maximum atomic E-state index is 13.8. The number of hydrogen-bond donors (Lipinski definition) is 2. The normalized spacial score (nSPS) is 17.1. The number of nitrogens with one attached hydrogen (secondary N) is 1. The minimum atomic E-state index is -0.215. The number of β-amino-alcohol motifs (C(OH)–C–C–N with tert-alkyl or cyclic N) is 1. The summed E-state index contributed by atoms with van der Waals surface area (Å²) in [6, 6.07) is 15.1. The zero-order valence-electron chi connectivity index (χ0n) is 15.5. The van der Waals surface area contributed by atoms with Crippen molar-refractivity contribution in [1.82, 2.24) is 15.1 Å². The maximum Gasteiger partial charge on any atom is 0.205 e. The Hall–Kier alpha value is -2.35. The monoisotopic (exact) mass is 398 g/mol. The molecule has 1 aromatic heterocycles. The van der Waals surface area contributed by atoms with Crippen molar-refractivity contribution in [3.05, 3.63) is 76.0 Å². The van der Waals surface area contributed by atoms with Crippen molar-refractivity contribution in [3.63, 3.8) is 0 Å². The summed E-state index contributed by atoms with van der Waals surface area (Å²) in [6.45, 7) is 3.15. The van der Waals surface area contributed by atoms with Gasteiger partial charge in [0.2, 0.25) is 5.13 Å². The van der Waals surface area contributed by atoms with E-state index in [1.807, 2.05) is 18.2 Å². The minimum absolute atomic E-state index is 0.209. The molecule has 0 aliphatic carbocycles. The van der Waals surface area contributed by atoms with Crippen molar-refractivity contribution in [1.29, 1.82) is 0 Å². The van der Waals surface area contributed by atoms with E-state index in [1.54, 1.807) is 12.1 Å². The van der Waals surface area contributed by atoms with Crippen LogP contribution < -0.4 is 5.32 Å². The molecule has 3 aromatic rings. The summed E-state index contributed by atoms with van der Waals surface area (Å²) in [5.74, 6) is -0.215. The number of halogens is 1. The van der Waals surface area contributed by atoms with E-state index >= 15 is 0 Å². The quantitative estimate of drug-likeness (QED) is 0.638. The summed E-state index contributed by atoms with van der Waals surface area (Å²) in [4.78, 5) is 2.28. The van der Waals surface area contributed by atoms with E-state index in [1.165, 1.54) is 28.5 Å². The highest BCUT2D eigenvalue weighted by Crippen LogP contribution is 2.22. The highest BCUT2D eigenvalue weighted by molar-refractivity contribution is 7.15. The van der Waals surface area contributed by atoms with E-state index in [0.717, 1.165) is 36.2 Å². The number of nitrogens with zero attached hydrogens (tertiary/aromatic N) is 3. The number of likely N-dealkylation sites (tertiary alicyclic amines) is 1. The van der Waals surface area contributed by atoms with Gasteiger partial charge in [0.25, 0.3) is 0 Å². The third-order valence-corrected chi connectivity index (χ3v) is 5.84. The molecule has 1 saturated heterocycles. The number of aliphatic hydroxyl groups is 1. The number of rotatable bonds is 7. The van der Waals surface area contributed by atoms with Crippen LogP contribution in [0.1, 0.15) is 28.1 Å². The molecule has 2 heterocycles. The molecule has 0 radical (unpaired) electrons. The first-order chi connectivity index (χ1) is 13.7. The van der Waals surface area contributed by atoms with Crippen molar-refractivity contribution >= 4 is 16.5 Å². The van der Waals surface area contributed by atoms with Gasteiger partial charge in [-0.25, -0.2) is 4.39 Å². The predicted molar refractivity (Wildman–Crippen MR) is 109 cm³/mol. The van der Waals surface area contributed by atoms with Gasteiger partial charge in [-0.05, 0) is 29.2 Å². The second-order valence-corrected chi connectivity index (χ2v) is 8.13. The van der Waals surface area contributed by atoms with Crippen LogP contribution in [0.2, 0.25) is 0 Å². The van der Waals surface area contributed by atoms with Crippen molar-refractivity contribution in [2.75, 3.05) is 18.4 Å². The lowest BCUT2D eigenvalue weighted by atomic mass is 10.1. The number of anilines is 1. The Morgan fingerprint density at radius 3 is 2.57 bits per heavy atom. The summed E-state index contributed by atoms with van der Waals surface area (Å²) >= 11 is 1.45. The highest BCUT2D eigenvalue weighted by Gasteiger charge is 2.20. The lowest BCUT2D eigenvalue weighted by Crippen LogP contribution is -2.22. The summed E-state index contributed by atoms with van der Waals surface area (Å²) in [6.07, 6.45) is 1.08. The van der Waals surface area contributed by atoms with Gasteiger partial charge in [0, 0.05) is 32.6 Å². The van der Waals surface area contributed by atoms with E-state index < -0.39 is 0 Å². The maximum absolute atomic E-state index is 13.8. The van der Waals surface area contributed by atoms with E-state index in [0.29, 0.717) is 18.5 Å². The molecule has 2 aromatic carbocycles. The van der Waals surface area contributed by atoms with E-state index in [2.05, 4.69) is 32.5 Å². The fourth-order valence-electron chi connectivity index (χ4n) is 3.45. The largest absolute Gasteiger partial charge is 0.392 e. The van der Waals surface area contributed by atoms with E-state index in [9.17, 15) is 9.50 Å². The van der Waals surface area contributed by atoms with Gasteiger partial charge in [-0.15, -0.1) is 10.2 Å². The van der Waals surface area contributed by atoms with Gasteiger partial charge in [-0.1, -0.05) is 53.8 Å². The van der Waals surface area contributed by atoms with Crippen molar-refractivity contribution < 1.29 is 9.50 Å². The third-order valence-electron chi connectivity index (χ3n) is 4.96. The molecule has 0 spiro atoms. The first kappa shape index (κ1) is 19.0. The van der Waals surface area contributed by atoms with Crippen molar-refractivity contribution in [2.24, 2.45) is 0 Å². The van der Waals surface area contributed by atoms with Gasteiger partial charge in [-0.2, -0.15) is 0 Å². The first-order valence-corrected chi connectivity index (χ1v) is 10.3. The average Bonchev–Trinajstić information content (AvgIpc) is 3.32. The molecule has 1 atom stereocenters. The molecule has 0 amide bonds. The lowest BCUT2D eigenvalue weighted by molar-refractivity contribution is 0.174. The summed E-state index contributed by atoms with van der Waals surface area (Å²) < 4.78 is 13.8. The molecule has 4 rings (SSSR count). The molecule has 1 aliphatic heterocycles. The lowest BCUT2D eigenvalue weighted by Gasteiger charge is -2.17. The van der Waals surface area contributed by atoms with Crippen LogP contribution in [0.3, 0.4) is 0 Å². The highest BCUT2D eigenvalue weighted by atomic mass is 32.1. The van der Waals surface area contributed by atoms with Gasteiger partial charge < -0.3 is 10.4 Å². The van der Waals surface area contributed by atoms with Crippen LogP contribution in [0.15, 0.2) is 48.5 Å². The molecule has 5 nitrogen and oxygen atoms in total. The van der Waals surface area contributed by atoms with Crippen LogP contribution in [0.4, 0.5) is 9.52 Å². The number of hydrogen-bond acceptors (Lipinski definition) is 6. The summed E-state index contributed by atoms with van der Waals surface area (Å²) in [7, 11) is 0. The Labute approximate surface area is 167 Å². The molecule has 2 N–H and O–H groups in total. The smallest absolute Gasteiger partial charge is 0.205 e. The van der Waals surface area contributed by atoms with Crippen LogP contribution in [0.25, 0.3) is 0 Å². The Balaban J connectivity index is 1.37. The molecule has 1 unspecified atom stereocenters. The molecule has 0 bridgehead atoms.